The minimum Gasteiger partial charge on any atom is -0.462 e. The average molecular weight is 647 g/mol. The van der Waals surface area contributed by atoms with E-state index in [1.165, 1.54) is 51.4 Å². The van der Waals surface area contributed by atoms with Crippen LogP contribution in [0.2, 0.25) is 0 Å². The number of carbonyl (C=O) groups is 3. The summed E-state index contributed by atoms with van der Waals surface area (Å²) >= 11 is 0. The number of carbonyl (C=O) groups excluding carboxylic acids is 3. The van der Waals surface area contributed by atoms with Crippen LogP contribution >= 0.6 is 0 Å². The Balaban J connectivity index is 4.16. The van der Waals surface area contributed by atoms with E-state index in [0.717, 1.165) is 89.9 Å². The topological polar surface area (TPSA) is 78.9 Å². The van der Waals surface area contributed by atoms with Crippen molar-refractivity contribution in [3.05, 3.63) is 36.5 Å². The van der Waals surface area contributed by atoms with Gasteiger partial charge in [-0.2, -0.15) is 0 Å². The van der Waals surface area contributed by atoms with Gasteiger partial charge in [0.15, 0.2) is 6.10 Å². The van der Waals surface area contributed by atoms with Gasteiger partial charge in [-0.1, -0.05) is 147 Å². The zero-order valence-electron chi connectivity index (χ0n) is 30.1. The third kappa shape index (κ3) is 33.0. The number of esters is 3. The van der Waals surface area contributed by atoms with Crippen LogP contribution in [0.15, 0.2) is 36.5 Å². The summed E-state index contributed by atoms with van der Waals surface area (Å²) in [6.07, 6.45) is 37.5. The van der Waals surface area contributed by atoms with Crippen LogP contribution in [0.4, 0.5) is 0 Å². The highest BCUT2D eigenvalue weighted by Gasteiger charge is 2.19. The van der Waals surface area contributed by atoms with Gasteiger partial charge < -0.3 is 14.2 Å². The summed E-state index contributed by atoms with van der Waals surface area (Å²) in [7, 11) is 0. The zero-order chi connectivity index (χ0) is 33.8. The van der Waals surface area contributed by atoms with Crippen LogP contribution in [0.5, 0.6) is 0 Å². The van der Waals surface area contributed by atoms with Crippen molar-refractivity contribution in [3.8, 4) is 0 Å². The maximum atomic E-state index is 12.4. The van der Waals surface area contributed by atoms with Crippen LogP contribution in [0.3, 0.4) is 0 Å². The van der Waals surface area contributed by atoms with E-state index in [9.17, 15) is 14.4 Å². The molecule has 0 saturated heterocycles. The molecule has 0 heterocycles. The molecular weight excluding hydrogens is 576 g/mol. The van der Waals surface area contributed by atoms with Gasteiger partial charge in [0.25, 0.3) is 0 Å². The van der Waals surface area contributed by atoms with Crippen LogP contribution in [0.1, 0.15) is 181 Å². The fraction of sp³-hybridized carbons (Fsp3) is 0.775. The lowest BCUT2D eigenvalue weighted by Crippen LogP contribution is -2.30. The number of rotatable bonds is 33. The fourth-order valence-corrected chi connectivity index (χ4v) is 5.04. The van der Waals surface area contributed by atoms with Crippen molar-refractivity contribution in [2.24, 2.45) is 0 Å². The van der Waals surface area contributed by atoms with Crippen molar-refractivity contribution in [2.45, 2.75) is 187 Å². The number of unbranched alkanes of at least 4 members (excludes halogenated alkanes) is 16. The van der Waals surface area contributed by atoms with Gasteiger partial charge in [0.1, 0.15) is 13.2 Å². The van der Waals surface area contributed by atoms with Crippen molar-refractivity contribution in [1.82, 2.24) is 0 Å². The summed E-state index contributed by atoms with van der Waals surface area (Å²) in [5.74, 6) is -0.917. The highest BCUT2D eigenvalue weighted by molar-refractivity contribution is 5.71. The predicted molar refractivity (Wildman–Crippen MR) is 192 cm³/mol. The third-order valence-electron chi connectivity index (χ3n) is 7.91. The highest BCUT2D eigenvalue weighted by Crippen LogP contribution is 2.12. The molecule has 0 aliphatic heterocycles. The zero-order valence-corrected chi connectivity index (χ0v) is 30.1. The van der Waals surface area contributed by atoms with Crippen LogP contribution in [0.25, 0.3) is 0 Å². The van der Waals surface area contributed by atoms with E-state index in [4.69, 9.17) is 14.2 Å². The molecule has 0 aliphatic carbocycles. The first kappa shape index (κ1) is 43.6. The van der Waals surface area contributed by atoms with Gasteiger partial charge in [0.2, 0.25) is 0 Å². The smallest absolute Gasteiger partial charge is 0.306 e. The summed E-state index contributed by atoms with van der Waals surface area (Å²) in [6, 6.07) is 0. The number of hydrogen-bond donors (Lipinski definition) is 0. The minimum atomic E-state index is -0.764. The number of hydrogen-bond acceptors (Lipinski definition) is 6. The van der Waals surface area contributed by atoms with Gasteiger partial charge in [-0.15, -0.1) is 0 Å². The van der Waals surface area contributed by atoms with E-state index in [-0.39, 0.29) is 31.1 Å². The van der Waals surface area contributed by atoms with Crippen LogP contribution in [-0.4, -0.2) is 37.2 Å². The molecule has 1 atom stereocenters. The molecule has 6 nitrogen and oxygen atoms in total. The van der Waals surface area contributed by atoms with Crippen LogP contribution in [0, 0.1) is 0 Å². The molecule has 0 rings (SSSR count). The van der Waals surface area contributed by atoms with E-state index in [2.05, 4.69) is 57.2 Å². The summed E-state index contributed by atoms with van der Waals surface area (Å²) in [4.78, 5) is 37.0. The molecule has 0 aromatic rings. The minimum absolute atomic E-state index is 0.0763. The van der Waals surface area contributed by atoms with Crippen molar-refractivity contribution in [1.29, 1.82) is 0 Å². The molecule has 0 aromatic carbocycles. The Morgan fingerprint density at radius 1 is 0.457 bits per heavy atom. The molecule has 0 aromatic heterocycles. The lowest BCUT2D eigenvalue weighted by Gasteiger charge is -2.18. The quantitative estimate of drug-likeness (QED) is 0.0305. The first-order valence-electron chi connectivity index (χ1n) is 19.0. The Bertz CT molecular complexity index is 800. The normalized spacial score (nSPS) is 12.3. The maximum absolute atomic E-state index is 12.4. The molecule has 6 heteroatoms. The van der Waals surface area contributed by atoms with Crippen LogP contribution < -0.4 is 0 Å². The van der Waals surface area contributed by atoms with Crippen molar-refractivity contribution in [3.63, 3.8) is 0 Å². The van der Waals surface area contributed by atoms with Crippen molar-refractivity contribution >= 4 is 17.9 Å². The average Bonchev–Trinajstić information content (AvgIpc) is 3.05. The second kappa shape index (κ2) is 35.5. The van der Waals surface area contributed by atoms with E-state index in [0.29, 0.717) is 19.3 Å². The molecule has 0 amide bonds. The number of ether oxygens (including phenoxy) is 3. The largest absolute Gasteiger partial charge is 0.462 e. The second-order valence-electron chi connectivity index (χ2n) is 12.5. The van der Waals surface area contributed by atoms with E-state index >= 15 is 0 Å². The van der Waals surface area contributed by atoms with Crippen LogP contribution in [-0.2, 0) is 28.6 Å². The van der Waals surface area contributed by atoms with Gasteiger partial charge in [-0.3, -0.25) is 14.4 Å². The fourth-order valence-electron chi connectivity index (χ4n) is 5.04. The third-order valence-corrected chi connectivity index (χ3v) is 7.91. The SMILES string of the molecule is CC/C=C\C/C=C\C/C=C\CCCCCCCCCC(=O)OCC(COC(=O)CCCCCCC)OC(=O)CCCCCCCC. The predicted octanol–water partition coefficient (Wildman–Crippen LogP) is 11.5. The molecule has 0 fully saturated rings. The molecule has 0 radical (unpaired) electrons. The molecular formula is C40H70O6. The van der Waals surface area contributed by atoms with Crippen molar-refractivity contribution in [2.75, 3.05) is 13.2 Å². The molecule has 46 heavy (non-hydrogen) atoms. The summed E-state index contributed by atoms with van der Waals surface area (Å²) < 4.78 is 16.4. The summed E-state index contributed by atoms with van der Waals surface area (Å²) in [5.41, 5.74) is 0. The Morgan fingerprint density at radius 3 is 1.33 bits per heavy atom. The van der Waals surface area contributed by atoms with Gasteiger partial charge in [-0.25, -0.2) is 0 Å². The second-order valence-corrected chi connectivity index (χ2v) is 12.5. The molecule has 266 valence electrons. The molecule has 0 saturated carbocycles. The summed E-state index contributed by atoms with van der Waals surface area (Å²) in [5, 5.41) is 0. The molecule has 1 unspecified atom stereocenters. The number of allylic oxidation sites excluding steroid dienone is 6. The van der Waals surface area contributed by atoms with E-state index in [1.807, 2.05) is 0 Å². The molecule has 0 bridgehead atoms. The van der Waals surface area contributed by atoms with Gasteiger partial charge in [0.05, 0.1) is 0 Å². The lowest BCUT2D eigenvalue weighted by atomic mass is 10.1. The summed E-state index contributed by atoms with van der Waals surface area (Å²) in [6.45, 7) is 6.34. The lowest BCUT2D eigenvalue weighted by molar-refractivity contribution is -0.167. The van der Waals surface area contributed by atoms with E-state index in [1.54, 1.807) is 0 Å². The molecule has 0 spiro atoms. The van der Waals surface area contributed by atoms with Crippen molar-refractivity contribution < 1.29 is 28.6 Å². The standard InChI is InChI=1S/C40H70O6/c1-4-7-10-13-15-16-17-18-19-20-21-22-23-24-25-28-30-33-39(42)45-36-37(35-44-38(41)32-29-26-12-9-6-3)46-40(43)34-31-27-14-11-8-5-2/h7,10,15-16,18-19,37H,4-6,8-9,11-14,17,20-36H2,1-3H3/b10-7-,16-15-,19-18-. The first-order valence-corrected chi connectivity index (χ1v) is 19.0. The molecule has 0 aliphatic rings. The monoisotopic (exact) mass is 647 g/mol. The van der Waals surface area contributed by atoms with Gasteiger partial charge in [0, 0.05) is 19.3 Å². The highest BCUT2D eigenvalue weighted by atomic mass is 16.6. The van der Waals surface area contributed by atoms with E-state index < -0.39 is 6.10 Å². The van der Waals surface area contributed by atoms with Gasteiger partial charge in [-0.05, 0) is 51.4 Å². The Morgan fingerprint density at radius 2 is 0.848 bits per heavy atom. The maximum Gasteiger partial charge on any atom is 0.306 e. The molecule has 0 N–H and O–H groups in total. The Hall–Kier alpha value is -2.37. The first-order chi connectivity index (χ1) is 22.5. The Kier molecular flexibility index (Phi) is 33.7. The Labute approximate surface area is 283 Å². The van der Waals surface area contributed by atoms with Gasteiger partial charge >= 0.3 is 17.9 Å².